The van der Waals surface area contributed by atoms with E-state index in [0.29, 0.717) is 6.04 Å². The van der Waals surface area contributed by atoms with Crippen molar-refractivity contribution in [1.82, 2.24) is 5.32 Å². The molecule has 0 heterocycles. The molecule has 0 aliphatic heterocycles. The van der Waals surface area contributed by atoms with Crippen molar-refractivity contribution < 1.29 is 5.11 Å². The second-order valence-corrected chi connectivity index (χ2v) is 5.96. The van der Waals surface area contributed by atoms with Crippen LogP contribution < -0.4 is 5.32 Å². The van der Waals surface area contributed by atoms with Crippen LogP contribution in [0.4, 0.5) is 0 Å². The summed E-state index contributed by atoms with van der Waals surface area (Å²) in [6.07, 6.45) is 5.28. The number of hydrogen-bond acceptors (Lipinski definition) is 3. The molecule has 1 rings (SSSR count). The first-order valence-corrected chi connectivity index (χ1v) is 6.24. The van der Waals surface area contributed by atoms with Crippen LogP contribution in [0.25, 0.3) is 0 Å². The topological polar surface area (TPSA) is 32.3 Å². The van der Waals surface area contributed by atoms with Gasteiger partial charge in [0.2, 0.25) is 0 Å². The lowest BCUT2D eigenvalue weighted by atomic mass is 10.1. The average Bonchev–Trinajstić information content (AvgIpc) is 2.48. The molecule has 1 aliphatic carbocycles. The van der Waals surface area contributed by atoms with Crippen molar-refractivity contribution >= 4 is 11.8 Å². The third kappa shape index (κ3) is 3.49. The summed E-state index contributed by atoms with van der Waals surface area (Å²) in [6.45, 7) is 5.44. The molecule has 1 fully saturated rings. The van der Waals surface area contributed by atoms with Crippen molar-refractivity contribution in [2.24, 2.45) is 0 Å². The molecule has 3 heteroatoms. The van der Waals surface area contributed by atoms with Gasteiger partial charge in [0.15, 0.2) is 0 Å². The van der Waals surface area contributed by atoms with Crippen molar-refractivity contribution in [1.29, 1.82) is 0 Å². The fourth-order valence-corrected chi connectivity index (χ4v) is 1.86. The number of aliphatic hydroxyl groups excluding tert-OH is 1. The van der Waals surface area contributed by atoms with Crippen LogP contribution in [0.2, 0.25) is 0 Å². The molecule has 1 aliphatic rings. The highest BCUT2D eigenvalue weighted by molar-refractivity contribution is 7.99. The average molecular weight is 203 g/mol. The molecule has 78 valence electrons. The van der Waals surface area contributed by atoms with E-state index in [1.54, 1.807) is 0 Å². The molecule has 2 atom stereocenters. The Labute approximate surface area is 85.5 Å². The first-order valence-electron chi connectivity index (χ1n) is 5.02. The van der Waals surface area contributed by atoms with Gasteiger partial charge in [-0.05, 0) is 39.4 Å². The SMILES string of the molecule is CSC(C)(C)CN[C@H]1CCC[C@@H]1O. The molecule has 0 spiro atoms. The van der Waals surface area contributed by atoms with Gasteiger partial charge in [-0.15, -0.1) is 0 Å². The van der Waals surface area contributed by atoms with Gasteiger partial charge in [-0.25, -0.2) is 0 Å². The molecular weight excluding hydrogens is 182 g/mol. The fraction of sp³-hybridized carbons (Fsp3) is 1.00. The lowest BCUT2D eigenvalue weighted by Crippen LogP contribution is -2.42. The van der Waals surface area contributed by atoms with Crippen LogP contribution in [0.1, 0.15) is 33.1 Å². The zero-order valence-corrected chi connectivity index (χ0v) is 9.66. The molecule has 0 bridgehead atoms. The van der Waals surface area contributed by atoms with Gasteiger partial charge in [0.1, 0.15) is 0 Å². The normalized spacial score (nSPS) is 29.5. The van der Waals surface area contributed by atoms with Gasteiger partial charge < -0.3 is 10.4 Å². The summed E-state index contributed by atoms with van der Waals surface area (Å²) in [7, 11) is 0. The second-order valence-electron chi connectivity index (χ2n) is 4.45. The zero-order valence-electron chi connectivity index (χ0n) is 8.84. The Morgan fingerprint density at radius 3 is 2.62 bits per heavy atom. The van der Waals surface area contributed by atoms with E-state index < -0.39 is 0 Å². The van der Waals surface area contributed by atoms with Gasteiger partial charge in [-0.1, -0.05) is 0 Å². The van der Waals surface area contributed by atoms with Crippen molar-refractivity contribution in [2.45, 2.75) is 50.0 Å². The van der Waals surface area contributed by atoms with Crippen LogP contribution in [0.15, 0.2) is 0 Å². The molecule has 0 aromatic heterocycles. The monoisotopic (exact) mass is 203 g/mol. The van der Waals surface area contributed by atoms with Crippen molar-refractivity contribution in [3.8, 4) is 0 Å². The summed E-state index contributed by atoms with van der Waals surface area (Å²) in [6, 6.07) is 0.339. The molecule has 1 saturated carbocycles. The van der Waals surface area contributed by atoms with E-state index >= 15 is 0 Å². The van der Waals surface area contributed by atoms with E-state index in [1.807, 2.05) is 11.8 Å². The summed E-state index contributed by atoms with van der Waals surface area (Å²) in [4.78, 5) is 0. The van der Waals surface area contributed by atoms with E-state index in [1.165, 1.54) is 6.42 Å². The quantitative estimate of drug-likeness (QED) is 0.728. The number of hydrogen-bond donors (Lipinski definition) is 2. The molecule has 0 amide bonds. The van der Waals surface area contributed by atoms with Crippen LogP contribution in [-0.4, -0.2) is 34.8 Å². The predicted octanol–water partition coefficient (Wildman–Crippen LogP) is 1.63. The molecule has 13 heavy (non-hydrogen) atoms. The van der Waals surface area contributed by atoms with E-state index in [-0.39, 0.29) is 10.9 Å². The van der Waals surface area contributed by atoms with E-state index in [9.17, 15) is 5.11 Å². The van der Waals surface area contributed by atoms with Gasteiger partial charge in [0, 0.05) is 17.3 Å². The minimum Gasteiger partial charge on any atom is -0.392 e. The van der Waals surface area contributed by atoms with E-state index in [4.69, 9.17) is 0 Å². The lowest BCUT2D eigenvalue weighted by Gasteiger charge is -2.26. The maximum Gasteiger partial charge on any atom is 0.0693 e. The minimum atomic E-state index is -0.113. The summed E-state index contributed by atoms with van der Waals surface area (Å²) >= 11 is 1.87. The zero-order chi connectivity index (χ0) is 9.90. The Morgan fingerprint density at radius 1 is 1.46 bits per heavy atom. The molecule has 0 aromatic rings. The maximum absolute atomic E-state index is 9.59. The Kier molecular flexibility index (Phi) is 4.07. The summed E-state index contributed by atoms with van der Waals surface area (Å²) in [5, 5.41) is 13.0. The van der Waals surface area contributed by atoms with E-state index in [2.05, 4.69) is 25.4 Å². The molecular formula is C10H21NOS. The Bertz CT molecular complexity index is 161. The Hall–Kier alpha value is 0.270. The minimum absolute atomic E-state index is 0.113. The fourth-order valence-electron chi connectivity index (χ4n) is 1.63. The third-order valence-corrected chi connectivity index (χ3v) is 4.07. The Balaban J connectivity index is 2.25. The first kappa shape index (κ1) is 11.3. The van der Waals surface area contributed by atoms with Gasteiger partial charge >= 0.3 is 0 Å². The number of rotatable bonds is 4. The largest absolute Gasteiger partial charge is 0.392 e. The third-order valence-electron chi connectivity index (χ3n) is 2.82. The standard InChI is InChI=1S/C10H21NOS/c1-10(2,13-3)7-11-8-5-4-6-9(8)12/h8-9,11-12H,4-7H2,1-3H3/t8-,9-/m0/s1. The first-order chi connectivity index (χ1) is 6.05. The van der Waals surface area contributed by atoms with Gasteiger partial charge in [-0.2, -0.15) is 11.8 Å². The second kappa shape index (κ2) is 4.67. The predicted molar refractivity (Wildman–Crippen MR) is 59.2 cm³/mol. The number of nitrogens with one attached hydrogen (secondary N) is 1. The van der Waals surface area contributed by atoms with Crippen LogP contribution in [0.5, 0.6) is 0 Å². The van der Waals surface area contributed by atoms with Crippen LogP contribution in [0.3, 0.4) is 0 Å². The highest BCUT2D eigenvalue weighted by atomic mass is 32.2. The summed E-state index contributed by atoms with van der Waals surface area (Å²) < 4.78 is 0.280. The summed E-state index contributed by atoms with van der Waals surface area (Å²) in [5.41, 5.74) is 0. The lowest BCUT2D eigenvalue weighted by molar-refractivity contribution is 0.148. The molecule has 0 saturated heterocycles. The maximum atomic E-state index is 9.59. The highest BCUT2D eigenvalue weighted by Crippen LogP contribution is 2.23. The smallest absolute Gasteiger partial charge is 0.0693 e. The van der Waals surface area contributed by atoms with Gasteiger partial charge in [0.05, 0.1) is 6.10 Å². The molecule has 2 nitrogen and oxygen atoms in total. The molecule has 2 N–H and O–H groups in total. The number of thioether (sulfide) groups is 1. The van der Waals surface area contributed by atoms with Crippen LogP contribution in [0, 0.1) is 0 Å². The van der Waals surface area contributed by atoms with Crippen molar-refractivity contribution in [3.05, 3.63) is 0 Å². The molecule has 0 aromatic carbocycles. The van der Waals surface area contributed by atoms with Gasteiger partial charge in [0.25, 0.3) is 0 Å². The van der Waals surface area contributed by atoms with Crippen molar-refractivity contribution in [3.63, 3.8) is 0 Å². The van der Waals surface area contributed by atoms with Crippen LogP contribution >= 0.6 is 11.8 Å². The van der Waals surface area contributed by atoms with Crippen molar-refractivity contribution in [2.75, 3.05) is 12.8 Å². The Morgan fingerprint density at radius 2 is 2.15 bits per heavy atom. The number of aliphatic hydroxyl groups is 1. The molecule has 0 unspecified atom stereocenters. The van der Waals surface area contributed by atoms with Gasteiger partial charge in [-0.3, -0.25) is 0 Å². The molecule has 0 radical (unpaired) electrons. The summed E-state index contributed by atoms with van der Waals surface area (Å²) in [5.74, 6) is 0. The van der Waals surface area contributed by atoms with Crippen LogP contribution in [-0.2, 0) is 0 Å². The highest BCUT2D eigenvalue weighted by Gasteiger charge is 2.26. The van der Waals surface area contributed by atoms with E-state index in [0.717, 1.165) is 19.4 Å².